The molecule has 0 aliphatic heterocycles. The first kappa shape index (κ1) is 20.7. The number of hydrogen-bond donors (Lipinski definition) is 3. The van der Waals surface area contributed by atoms with Gasteiger partial charge in [-0.2, -0.15) is 0 Å². The molecule has 1 amide bonds. The summed E-state index contributed by atoms with van der Waals surface area (Å²) in [5, 5.41) is 13.0. The van der Waals surface area contributed by atoms with Gasteiger partial charge in [0.15, 0.2) is 0 Å². The smallest absolute Gasteiger partial charge is 0.326 e. The van der Waals surface area contributed by atoms with Crippen LogP contribution >= 0.6 is 11.3 Å². The summed E-state index contributed by atoms with van der Waals surface area (Å²) in [6, 6.07) is 9.71. The fourth-order valence-electron chi connectivity index (χ4n) is 3.36. The van der Waals surface area contributed by atoms with Gasteiger partial charge in [0.2, 0.25) is 0 Å². The molecule has 0 saturated heterocycles. The Balaban J connectivity index is 1.59. The van der Waals surface area contributed by atoms with E-state index in [1.807, 2.05) is 24.3 Å². The summed E-state index contributed by atoms with van der Waals surface area (Å²) in [7, 11) is 0. The number of para-hydroxylation sites is 1. The standard InChI is InChI=1S/C22H17F2N3O3S/c1-11-19(31-21(26-11)18-14(23)6-4-7-15(18)24)20(28)27-17(22(29)30)9-12-10-25-16-8-3-2-5-13(12)16/h2-8,10,17,25H,9H2,1H3,(H,27,28)(H,29,30). The summed E-state index contributed by atoms with van der Waals surface area (Å²) in [5.74, 6) is -3.43. The molecular weight excluding hydrogens is 424 g/mol. The lowest BCUT2D eigenvalue weighted by Crippen LogP contribution is -2.42. The summed E-state index contributed by atoms with van der Waals surface area (Å²) >= 11 is 0.811. The second kappa shape index (κ2) is 8.27. The van der Waals surface area contributed by atoms with Crippen molar-refractivity contribution in [1.82, 2.24) is 15.3 Å². The van der Waals surface area contributed by atoms with Crippen LogP contribution in [0.2, 0.25) is 0 Å². The molecule has 0 spiro atoms. The van der Waals surface area contributed by atoms with E-state index in [2.05, 4.69) is 15.3 Å². The molecule has 9 heteroatoms. The van der Waals surface area contributed by atoms with E-state index in [0.717, 1.165) is 39.9 Å². The molecule has 2 aromatic heterocycles. The number of hydrogen-bond acceptors (Lipinski definition) is 4. The van der Waals surface area contributed by atoms with E-state index in [4.69, 9.17) is 0 Å². The summed E-state index contributed by atoms with van der Waals surface area (Å²) in [4.78, 5) is 31.9. The second-order valence-electron chi connectivity index (χ2n) is 6.96. The van der Waals surface area contributed by atoms with Gasteiger partial charge in [0.05, 0.1) is 11.3 Å². The van der Waals surface area contributed by atoms with Crippen LogP contribution in [0, 0.1) is 18.6 Å². The Bertz CT molecular complexity index is 1280. The van der Waals surface area contributed by atoms with Crippen LogP contribution in [0.5, 0.6) is 0 Å². The molecule has 0 aliphatic carbocycles. The predicted molar refractivity (Wildman–Crippen MR) is 113 cm³/mol. The average molecular weight is 441 g/mol. The van der Waals surface area contributed by atoms with Crippen LogP contribution in [-0.2, 0) is 11.2 Å². The van der Waals surface area contributed by atoms with Gasteiger partial charge in [0, 0.05) is 23.5 Å². The predicted octanol–water partition coefficient (Wildman–Crippen LogP) is 4.30. The number of carboxylic acids is 1. The van der Waals surface area contributed by atoms with E-state index in [0.29, 0.717) is 0 Å². The highest BCUT2D eigenvalue weighted by Gasteiger charge is 2.26. The monoisotopic (exact) mass is 441 g/mol. The van der Waals surface area contributed by atoms with Gasteiger partial charge in [-0.3, -0.25) is 4.79 Å². The average Bonchev–Trinajstić information content (AvgIpc) is 3.31. The third-order valence-electron chi connectivity index (χ3n) is 4.88. The molecular formula is C22H17F2N3O3S. The molecule has 4 rings (SSSR count). The first-order chi connectivity index (χ1) is 14.8. The zero-order valence-corrected chi connectivity index (χ0v) is 17.1. The van der Waals surface area contributed by atoms with Gasteiger partial charge in [0.1, 0.15) is 27.6 Å². The molecule has 0 radical (unpaired) electrons. The highest BCUT2D eigenvalue weighted by molar-refractivity contribution is 7.17. The molecule has 2 heterocycles. The molecule has 3 N–H and O–H groups in total. The zero-order chi connectivity index (χ0) is 22.1. The van der Waals surface area contributed by atoms with Crippen LogP contribution < -0.4 is 5.32 Å². The van der Waals surface area contributed by atoms with Crippen LogP contribution in [0.1, 0.15) is 20.9 Å². The Morgan fingerprint density at radius 2 is 1.87 bits per heavy atom. The molecule has 1 unspecified atom stereocenters. The number of thiazole rings is 1. The number of H-pyrrole nitrogens is 1. The number of nitrogens with zero attached hydrogens (tertiary/aromatic N) is 1. The van der Waals surface area contributed by atoms with Crippen molar-refractivity contribution in [2.45, 2.75) is 19.4 Å². The number of aryl methyl sites for hydroxylation is 1. The van der Waals surface area contributed by atoms with Crippen molar-refractivity contribution in [1.29, 1.82) is 0 Å². The maximum Gasteiger partial charge on any atom is 0.326 e. The lowest BCUT2D eigenvalue weighted by molar-refractivity contribution is -0.139. The minimum absolute atomic E-state index is 0.0155. The van der Waals surface area contributed by atoms with Gasteiger partial charge in [-0.25, -0.2) is 18.6 Å². The molecule has 31 heavy (non-hydrogen) atoms. The molecule has 6 nitrogen and oxygen atoms in total. The molecule has 0 saturated carbocycles. The van der Waals surface area contributed by atoms with Crippen LogP contribution in [0.15, 0.2) is 48.7 Å². The van der Waals surface area contributed by atoms with Crippen LogP contribution in [0.4, 0.5) is 8.78 Å². The largest absolute Gasteiger partial charge is 0.480 e. The third kappa shape index (κ3) is 4.04. The number of rotatable bonds is 6. The van der Waals surface area contributed by atoms with Gasteiger partial charge in [-0.05, 0) is 30.7 Å². The van der Waals surface area contributed by atoms with E-state index in [-0.39, 0.29) is 27.6 Å². The van der Waals surface area contributed by atoms with Crippen molar-refractivity contribution in [3.05, 3.63) is 76.4 Å². The first-order valence-corrected chi connectivity index (χ1v) is 10.2. The number of aliphatic carboxylic acids is 1. The summed E-state index contributed by atoms with van der Waals surface area (Å²) in [5.41, 5.74) is 1.56. The number of halogens is 2. The zero-order valence-electron chi connectivity index (χ0n) is 16.3. The lowest BCUT2D eigenvalue weighted by atomic mass is 10.0. The number of amides is 1. The molecule has 1 atom stereocenters. The minimum Gasteiger partial charge on any atom is -0.480 e. The van der Waals surface area contributed by atoms with Crippen molar-refractivity contribution < 1.29 is 23.5 Å². The number of carbonyl (C=O) groups is 2. The Labute approximate surface area is 179 Å². The third-order valence-corrected chi connectivity index (χ3v) is 6.06. The molecule has 4 aromatic rings. The summed E-state index contributed by atoms with van der Waals surface area (Å²) < 4.78 is 28.2. The lowest BCUT2D eigenvalue weighted by Gasteiger charge is -2.13. The molecule has 0 fully saturated rings. The topological polar surface area (TPSA) is 95.1 Å². The van der Waals surface area contributed by atoms with Gasteiger partial charge in [0.25, 0.3) is 5.91 Å². The van der Waals surface area contributed by atoms with Crippen LogP contribution in [-0.4, -0.2) is 33.0 Å². The number of nitrogens with one attached hydrogen (secondary N) is 2. The fourth-order valence-corrected chi connectivity index (χ4v) is 4.38. The van der Waals surface area contributed by atoms with Crippen molar-refractivity contribution in [3.63, 3.8) is 0 Å². The Hall–Kier alpha value is -3.59. The first-order valence-electron chi connectivity index (χ1n) is 9.35. The number of carboxylic acid groups (broad SMARTS) is 1. The van der Waals surface area contributed by atoms with E-state index in [9.17, 15) is 23.5 Å². The van der Waals surface area contributed by atoms with Crippen LogP contribution in [0.25, 0.3) is 21.5 Å². The van der Waals surface area contributed by atoms with Crippen LogP contribution in [0.3, 0.4) is 0 Å². The molecule has 158 valence electrons. The SMILES string of the molecule is Cc1nc(-c2c(F)cccc2F)sc1C(=O)NC(Cc1c[nH]c2ccccc12)C(=O)O. The van der Waals surface area contributed by atoms with E-state index in [1.165, 1.54) is 13.0 Å². The van der Waals surface area contributed by atoms with E-state index < -0.39 is 29.6 Å². The number of fused-ring (bicyclic) bond motifs is 1. The number of benzene rings is 2. The minimum atomic E-state index is -1.19. The molecule has 2 aromatic carbocycles. The Morgan fingerprint density at radius 3 is 2.58 bits per heavy atom. The van der Waals surface area contributed by atoms with Gasteiger partial charge in [-0.15, -0.1) is 11.3 Å². The quantitative estimate of drug-likeness (QED) is 0.416. The maximum atomic E-state index is 14.1. The molecule has 0 aliphatic rings. The molecule has 0 bridgehead atoms. The van der Waals surface area contributed by atoms with Crippen molar-refractivity contribution in [3.8, 4) is 10.6 Å². The Morgan fingerprint density at radius 1 is 1.16 bits per heavy atom. The highest BCUT2D eigenvalue weighted by atomic mass is 32.1. The van der Waals surface area contributed by atoms with Gasteiger partial charge >= 0.3 is 5.97 Å². The maximum absolute atomic E-state index is 14.1. The van der Waals surface area contributed by atoms with Crippen molar-refractivity contribution >= 4 is 34.1 Å². The number of carbonyl (C=O) groups excluding carboxylic acids is 1. The number of aromatic amines is 1. The van der Waals surface area contributed by atoms with Crippen molar-refractivity contribution in [2.24, 2.45) is 0 Å². The van der Waals surface area contributed by atoms with E-state index in [1.54, 1.807) is 6.20 Å². The number of aromatic nitrogens is 2. The highest BCUT2D eigenvalue weighted by Crippen LogP contribution is 2.32. The second-order valence-corrected chi connectivity index (χ2v) is 7.96. The van der Waals surface area contributed by atoms with E-state index >= 15 is 0 Å². The van der Waals surface area contributed by atoms with Gasteiger partial charge < -0.3 is 15.4 Å². The Kier molecular flexibility index (Phi) is 5.51. The summed E-state index contributed by atoms with van der Waals surface area (Å²) in [6.45, 7) is 1.53. The normalized spacial score (nSPS) is 12.1. The summed E-state index contributed by atoms with van der Waals surface area (Å²) in [6.07, 6.45) is 1.78. The fraction of sp³-hybridized carbons (Fsp3) is 0.136. The van der Waals surface area contributed by atoms with Gasteiger partial charge in [-0.1, -0.05) is 24.3 Å². The van der Waals surface area contributed by atoms with Crippen molar-refractivity contribution in [2.75, 3.05) is 0 Å².